The molecule has 2 aromatic carbocycles. The Morgan fingerprint density at radius 1 is 1.04 bits per heavy atom. The van der Waals surface area contributed by atoms with E-state index in [9.17, 15) is 14.0 Å². The average molecular weight is 316 g/mol. The summed E-state index contributed by atoms with van der Waals surface area (Å²) in [6.07, 6.45) is 0. The summed E-state index contributed by atoms with van der Waals surface area (Å²) in [5, 5.41) is 5.28. The summed E-state index contributed by atoms with van der Waals surface area (Å²) in [4.78, 5) is 23.8. The molecule has 0 aliphatic rings. The van der Waals surface area contributed by atoms with Gasteiger partial charge in [-0.3, -0.25) is 9.59 Å². The summed E-state index contributed by atoms with van der Waals surface area (Å²) in [6.45, 7) is 0.851. The second-order valence-electron chi connectivity index (χ2n) is 4.76. The zero-order valence-corrected chi connectivity index (χ0v) is 12.6. The predicted molar refractivity (Wildman–Crippen MR) is 85.0 cm³/mol. The molecular formula is C17H17FN2O3. The lowest BCUT2D eigenvalue weighted by molar-refractivity contribution is 0.0936. The van der Waals surface area contributed by atoms with Crippen LogP contribution in [-0.4, -0.2) is 32.1 Å². The molecule has 0 aliphatic heterocycles. The smallest absolute Gasteiger partial charge is 0.258 e. The van der Waals surface area contributed by atoms with E-state index in [1.54, 1.807) is 37.4 Å². The van der Waals surface area contributed by atoms with E-state index in [4.69, 9.17) is 4.74 Å². The number of rotatable bonds is 6. The van der Waals surface area contributed by atoms with Crippen LogP contribution in [0, 0.1) is 5.82 Å². The van der Waals surface area contributed by atoms with E-state index in [1.165, 1.54) is 18.2 Å². The Hall–Kier alpha value is -2.73. The van der Waals surface area contributed by atoms with Crippen LogP contribution in [0.3, 0.4) is 0 Å². The Bertz CT molecular complexity index is 686. The first-order chi connectivity index (χ1) is 11.1. The van der Waals surface area contributed by atoms with Gasteiger partial charge in [0.2, 0.25) is 0 Å². The van der Waals surface area contributed by atoms with Crippen LogP contribution in [-0.2, 0) is 4.74 Å². The quantitative estimate of drug-likeness (QED) is 0.805. The van der Waals surface area contributed by atoms with E-state index in [0.29, 0.717) is 24.4 Å². The van der Waals surface area contributed by atoms with Gasteiger partial charge in [0.05, 0.1) is 12.2 Å². The fraction of sp³-hybridized carbons (Fsp3) is 0.176. The molecule has 5 nitrogen and oxygen atoms in total. The maximum atomic E-state index is 13.5. The van der Waals surface area contributed by atoms with Gasteiger partial charge in [0.25, 0.3) is 11.8 Å². The maximum Gasteiger partial charge on any atom is 0.258 e. The Balaban J connectivity index is 1.99. The Morgan fingerprint density at radius 3 is 2.39 bits per heavy atom. The molecule has 0 fully saturated rings. The van der Waals surface area contributed by atoms with Crippen LogP contribution < -0.4 is 10.6 Å². The third kappa shape index (κ3) is 4.62. The topological polar surface area (TPSA) is 67.4 Å². The highest BCUT2D eigenvalue weighted by Gasteiger charge is 2.11. The molecule has 0 unspecified atom stereocenters. The number of anilines is 1. The van der Waals surface area contributed by atoms with Crippen molar-refractivity contribution in [1.82, 2.24) is 5.32 Å². The largest absolute Gasteiger partial charge is 0.383 e. The number of nitrogens with one attached hydrogen (secondary N) is 2. The SMILES string of the molecule is COCCNC(=O)c1ccc(NC(=O)c2ccccc2F)cc1. The van der Waals surface area contributed by atoms with Crippen molar-refractivity contribution in [2.75, 3.05) is 25.6 Å². The highest BCUT2D eigenvalue weighted by molar-refractivity contribution is 6.04. The van der Waals surface area contributed by atoms with Crippen LogP contribution in [0.25, 0.3) is 0 Å². The monoisotopic (exact) mass is 316 g/mol. The average Bonchev–Trinajstić information content (AvgIpc) is 2.56. The number of amides is 2. The first kappa shape index (κ1) is 16.6. The van der Waals surface area contributed by atoms with Crippen LogP contribution in [0.4, 0.5) is 10.1 Å². The summed E-state index contributed by atoms with van der Waals surface area (Å²) >= 11 is 0. The van der Waals surface area contributed by atoms with Crippen molar-refractivity contribution >= 4 is 17.5 Å². The molecule has 0 aromatic heterocycles. The van der Waals surface area contributed by atoms with Gasteiger partial charge in [-0.05, 0) is 36.4 Å². The van der Waals surface area contributed by atoms with Gasteiger partial charge in [0, 0.05) is 24.9 Å². The third-order valence-electron chi connectivity index (χ3n) is 3.12. The van der Waals surface area contributed by atoms with Crippen molar-refractivity contribution in [2.24, 2.45) is 0 Å². The van der Waals surface area contributed by atoms with Crippen molar-refractivity contribution in [2.45, 2.75) is 0 Å². The van der Waals surface area contributed by atoms with Crippen LogP contribution in [0.15, 0.2) is 48.5 Å². The summed E-state index contributed by atoms with van der Waals surface area (Å²) in [5.41, 5.74) is 0.908. The number of hydrogen-bond donors (Lipinski definition) is 2. The minimum absolute atomic E-state index is 0.0334. The van der Waals surface area contributed by atoms with Crippen molar-refractivity contribution in [3.8, 4) is 0 Å². The molecule has 2 N–H and O–H groups in total. The summed E-state index contributed by atoms with van der Waals surface area (Å²) in [5.74, 6) is -1.35. The van der Waals surface area contributed by atoms with Crippen molar-refractivity contribution in [1.29, 1.82) is 0 Å². The number of halogens is 1. The van der Waals surface area contributed by atoms with Crippen LogP contribution >= 0.6 is 0 Å². The minimum atomic E-state index is -0.584. The molecule has 0 atom stereocenters. The molecule has 0 bridgehead atoms. The van der Waals surface area contributed by atoms with Crippen molar-refractivity contribution < 1.29 is 18.7 Å². The molecule has 0 saturated carbocycles. The lowest BCUT2D eigenvalue weighted by atomic mass is 10.1. The van der Waals surface area contributed by atoms with E-state index < -0.39 is 11.7 Å². The van der Waals surface area contributed by atoms with Gasteiger partial charge in [0.15, 0.2) is 0 Å². The summed E-state index contributed by atoms with van der Waals surface area (Å²) in [6, 6.07) is 12.1. The molecule has 0 heterocycles. The van der Waals surface area contributed by atoms with E-state index >= 15 is 0 Å². The van der Waals surface area contributed by atoms with Crippen molar-refractivity contribution in [3.05, 3.63) is 65.5 Å². The Labute approximate surface area is 133 Å². The fourth-order valence-electron chi connectivity index (χ4n) is 1.92. The van der Waals surface area contributed by atoms with E-state index in [2.05, 4.69) is 10.6 Å². The molecule has 0 radical (unpaired) electrons. The van der Waals surface area contributed by atoms with Gasteiger partial charge in [-0.15, -0.1) is 0 Å². The molecule has 120 valence electrons. The Morgan fingerprint density at radius 2 is 1.74 bits per heavy atom. The first-order valence-electron chi connectivity index (χ1n) is 7.05. The van der Waals surface area contributed by atoms with Gasteiger partial charge in [-0.25, -0.2) is 4.39 Å². The normalized spacial score (nSPS) is 10.2. The highest BCUT2D eigenvalue weighted by Crippen LogP contribution is 2.13. The highest BCUT2D eigenvalue weighted by atomic mass is 19.1. The fourth-order valence-corrected chi connectivity index (χ4v) is 1.92. The lowest BCUT2D eigenvalue weighted by Crippen LogP contribution is -2.26. The molecule has 2 rings (SSSR count). The Kier molecular flexibility index (Phi) is 5.82. The van der Waals surface area contributed by atoms with Crippen molar-refractivity contribution in [3.63, 3.8) is 0 Å². The second-order valence-corrected chi connectivity index (χ2v) is 4.76. The van der Waals surface area contributed by atoms with E-state index in [1.807, 2.05) is 0 Å². The summed E-state index contributed by atoms with van der Waals surface area (Å²) in [7, 11) is 1.55. The van der Waals surface area contributed by atoms with Crippen LogP contribution in [0.1, 0.15) is 20.7 Å². The molecule has 23 heavy (non-hydrogen) atoms. The zero-order valence-electron chi connectivity index (χ0n) is 12.6. The number of carbonyl (C=O) groups is 2. The van der Waals surface area contributed by atoms with Crippen LogP contribution in [0.5, 0.6) is 0 Å². The third-order valence-corrected chi connectivity index (χ3v) is 3.12. The van der Waals surface area contributed by atoms with Crippen LogP contribution in [0.2, 0.25) is 0 Å². The van der Waals surface area contributed by atoms with E-state index in [0.717, 1.165) is 0 Å². The van der Waals surface area contributed by atoms with Gasteiger partial charge in [-0.2, -0.15) is 0 Å². The molecular weight excluding hydrogens is 299 g/mol. The number of methoxy groups -OCH3 is 1. The first-order valence-corrected chi connectivity index (χ1v) is 7.05. The number of benzene rings is 2. The molecule has 2 aromatic rings. The van der Waals surface area contributed by atoms with Gasteiger partial charge in [0.1, 0.15) is 5.82 Å². The van der Waals surface area contributed by atoms with Gasteiger partial charge in [-0.1, -0.05) is 12.1 Å². The van der Waals surface area contributed by atoms with Gasteiger partial charge >= 0.3 is 0 Å². The standard InChI is InChI=1S/C17H17FN2O3/c1-23-11-10-19-16(21)12-6-8-13(9-7-12)20-17(22)14-4-2-3-5-15(14)18/h2-9H,10-11H2,1H3,(H,19,21)(H,20,22). The van der Waals surface area contributed by atoms with Gasteiger partial charge < -0.3 is 15.4 Å². The lowest BCUT2D eigenvalue weighted by Gasteiger charge is -2.08. The molecule has 0 spiro atoms. The number of carbonyl (C=O) groups excluding carboxylic acids is 2. The molecule has 0 saturated heterocycles. The van der Waals surface area contributed by atoms with E-state index in [-0.39, 0.29) is 11.5 Å². The zero-order chi connectivity index (χ0) is 16.7. The maximum absolute atomic E-state index is 13.5. The summed E-state index contributed by atoms with van der Waals surface area (Å²) < 4.78 is 18.4. The molecule has 2 amide bonds. The second kappa shape index (κ2) is 8.05. The number of hydrogen-bond acceptors (Lipinski definition) is 3. The molecule has 0 aliphatic carbocycles. The minimum Gasteiger partial charge on any atom is -0.383 e. The predicted octanol–water partition coefficient (Wildman–Crippen LogP) is 2.45. The molecule has 6 heteroatoms. The number of ether oxygens (including phenoxy) is 1.